The summed E-state index contributed by atoms with van der Waals surface area (Å²) >= 11 is 12.0. The van der Waals surface area contributed by atoms with Crippen LogP contribution in [0.1, 0.15) is 5.56 Å². The summed E-state index contributed by atoms with van der Waals surface area (Å²) in [5, 5.41) is 1.12. The highest BCUT2D eigenvalue weighted by molar-refractivity contribution is 6.35. The number of pyridine rings is 1. The molecule has 6 heteroatoms. The van der Waals surface area contributed by atoms with E-state index < -0.39 is 0 Å². The van der Waals surface area contributed by atoms with Crippen molar-refractivity contribution >= 4 is 41.0 Å². The number of carbonyl (C=O) groups excluding carboxylic acids is 1. The third-order valence-corrected chi connectivity index (χ3v) is 4.56. The van der Waals surface area contributed by atoms with E-state index in [4.69, 9.17) is 23.2 Å². The molecule has 3 rings (SSSR count). The largest absolute Gasteiger partial charge is 0.331 e. The molecule has 0 unspecified atom stereocenters. The Labute approximate surface area is 151 Å². The number of nitrogens with one attached hydrogen (secondary N) is 1. The fourth-order valence-electron chi connectivity index (χ4n) is 2.65. The van der Waals surface area contributed by atoms with Crippen molar-refractivity contribution in [2.45, 2.75) is 0 Å². The van der Waals surface area contributed by atoms with E-state index >= 15 is 0 Å². The third-order valence-electron chi connectivity index (χ3n) is 3.99. The van der Waals surface area contributed by atoms with E-state index in [0.29, 0.717) is 23.1 Å². The van der Waals surface area contributed by atoms with E-state index in [9.17, 15) is 4.79 Å². The van der Waals surface area contributed by atoms with Gasteiger partial charge in [-0.25, -0.2) is 4.98 Å². The molecule has 1 aromatic carbocycles. The van der Waals surface area contributed by atoms with Crippen LogP contribution < -0.4 is 9.88 Å². The van der Waals surface area contributed by atoms with E-state index in [1.54, 1.807) is 30.4 Å². The van der Waals surface area contributed by atoms with Crippen LogP contribution in [0.2, 0.25) is 10.0 Å². The molecule has 1 fully saturated rings. The summed E-state index contributed by atoms with van der Waals surface area (Å²) < 4.78 is 0. The Morgan fingerprint density at radius 1 is 1.08 bits per heavy atom. The Bertz CT molecular complexity index is 741. The van der Waals surface area contributed by atoms with Gasteiger partial charge in [0, 0.05) is 22.2 Å². The van der Waals surface area contributed by atoms with Crippen LogP contribution in [-0.4, -0.2) is 37.0 Å². The van der Waals surface area contributed by atoms with Gasteiger partial charge in [0.25, 0.3) is 5.82 Å². The van der Waals surface area contributed by atoms with Gasteiger partial charge in [0.15, 0.2) is 0 Å². The molecule has 1 N–H and O–H groups in total. The number of nitrogens with zero attached hydrogens (tertiary/aromatic N) is 2. The van der Waals surface area contributed by atoms with Crippen LogP contribution in [-0.2, 0) is 4.79 Å². The molecule has 0 atom stereocenters. The van der Waals surface area contributed by atoms with E-state index in [0.717, 1.165) is 24.5 Å². The second-order valence-electron chi connectivity index (χ2n) is 5.56. The van der Waals surface area contributed by atoms with Gasteiger partial charge >= 0.3 is 0 Å². The average Bonchev–Trinajstić information content (AvgIpc) is 2.62. The first kappa shape index (κ1) is 16.8. The fraction of sp³-hybridized carbons (Fsp3) is 0.222. The van der Waals surface area contributed by atoms with E-state index in [-0.39, 0.29) is 5.91 Å². The fourth-order valence-corrected chi connectivity index (χ4v) is 3.12. The second kappa shape index (κ2) is 7.69. The summed E-state index contributed by atoms with van der Waals surface area (Å²) in [6.07, 6.45) is 5.21. The van der Waals surface area contributed by atoms with Gasteiger partial charge in [0.2, 0.25) is 5.91 Å². The van der Waals surface area contributed by atoms with Crippen LogP contribution in [0.15, 0.2) is 48.7 Å². The lowest BCUT2D eigenvalue weighted by Crippen LogP contribution is -2.49. The lowest BCUT2D eigenvalue weighted by Gasteiger charge is -2.30. The first-order valence-corrected chi connectivity index (χ1v) is 8.53. The van der Waals surface area contributed by atoms with Gasteiger partial charge in [0.1, 0.15) is 13.1 Å². The molecule has 1 aliphatic heterocycles. The molecular weight excluding hydrogens is 345 g/mol. The van der Waals surface area contributed by atoms with Crippen LogP contribution >= 0.6 is 23.2 Å². The number of halogens is 2. The number of benzene rings is 1. The Morgan fingerprint density at radius 2 is 1.88 bits per heavy atom. The molecule has 0 spiro atoms. The molecule has 24 heavy (non-hydrogen) atoms. The maximum Gasteiger partial charge on any atom is 0.274 e. The lowest BCUT2D eigenvalue weighted by atomic mass is 10.2. The molecule has 4 nitrogen and oxygen atoms in total. The van der Waals surface area contributed by atoms with Crippen molar-refractivity contribution < 1.29 is 9.78 Å². The average molecular weight is 363 g/mol. The Morgan fingerprint density at radius 3 is 2.54 bits per heavy atom. The van der Waals surface area contributed by atoms with Crippen LogP contribution in [0.5, 0.6) is 0 Å². The predicted molar refractivity (Wildman–Crippen MR) is 97.3 cm³/mol. The molecule has 2 heterocycles. The lowest BCUT2D eigenvalue weighted by molar-refractivity contribution is -0.364. The highest BCUT2D eigenvalue weighted by Gasteiger charge is 2.24. The normalized spacial score (nSPS) is 15.1. The minimum absolute atomic E-state index is 0.00212. The molecule has 0 saturated carbocycles. The van der Waals surface area contributed by atoms with Crippen molar-refractivity contribution in [2.75, 3.05) is 31.1 Å². The third kappa shape index (κ3) is 4.08. The van der Waals surface area contributed by atoms with Crippen LogP contribution in [0, 0.1) is 0 Å². The summed E-state index contributed by atoms with van der Waals surface area (Å²) in [6, 6.07) is 11.2. The number of anilines is 1. The van der Waals surface area contributed by atoms with E-state index in [1.165, 1.54) is 0 Å². The summed E-state index contributed by atoms with van der Waals surface area (Å²) in [7, 11) is 0. The van der Waals surface area contributed by atoms with Gasteiger partial charge < -0.3 is 4.90 Å². The van der Waals surface area contributed by atoms with Crippen molar-refractivity contribution in [3.05, 3.63) is 64.3 Å². The number of hydrogen-bond acceptors (Lipinski definition) is 2. The van der Waals surface area contributed by atoms with E-state index in [1.807, 2.05) is 29.3 Å². The minimum atomic E-state index is -0.00212. The number of aromatic nitrogens is 1. The summed E-state index contributed by atoms with van der Waals surface area (Å²) in [5.41, 5.74) is 0.784. The number of carbonyl (C=O) groups is 1. The number of rotatable bonds is 3. The molecule has 1 aromatic heterocycles. The molecule has 1 aliphatic rings. The standard InChI is InChI=1S/C18H17Cl2N3O/c19-15-6-4-14(16(20)13-15)5-7-18(24)23-11-9-22(10-12-23)17-3-1-2-8-21-17/h1-8,13H,9-12H2/p+1/b7-5+. The maximum absolute atomic E-state index is 12.3. The maximum atomic E-state index is 12.3. The molecular formula is C18H18Cl2N3O+. The summed E-state index contributed by atoms with van der Waals surface area (Å²) in [4.78, 5) is 19.6. The first-order valence-electron chi connectivity index (χ1n) is 7.77. The van der Waals surface area contributed by atoms with Crippen molar-refractivity contribution in [2.24, 2.45) is 0 Å². The van der Waals surface area contributed by atoms with Gasteiger partial charge in [-0.05, 0) is 29.8 Å². The molecule has 0 bridgehead atoms. The molecule has 1 amide bonds. The van der Waals surface area contributed by atoms with Gasteiger partial charge in [-0.1, -0.05) is 35.3 Å². The Kier molecular flexibility index (Phi) is 5.38. The molecule has 0 aliphatic carbocycles. The molecule has 0 radical (unpaired) electrons. The SMILES string of the molecule is O=C(/C=C/c1ccc(Cl)cc1Cl)N1CCN(c2cccc[nH+]2)CC1. The van der Waals surface area contributed by atoms with Crippen LogP contribution in [0.25, 0.3) is 6.08 Å². The Balaban J connectivity index is 1.58. The van der Waals surface area contributed by atoms with Crippen molar-refractivity contribution in [3.8, 4) is 0 Å². The second-order valence-corrected chi connectivity index (χ2v) is 6.40. The Hall–Kier alpha value is -2.04. The molecule has 2 aromatic rings. The van der Waals surface area contributed by atoms with Gasteiger partial charge in [-0.15, -0.1) is 0 Å². The minimum Gasteiger partial charge on any atom is -0.331 e. The monoisotopic (exact) mass is 362 g/mol. The zero-order valence-electron chi connectivity index (χ0n) is 13.1. The first-order chi connectivity index (χ1) is 11.6. The summed E-state index contributed by atoms with van der Waals surface area (Å²) in [6.45, 7) is 3.00. The van der Waals surface area contributed by atoms with Gasteiger partial charge in [0.05, 0.1) is 19.3 Å². The van der Waals surface area contributed by atoms with Crippen LogP contribution in [0.3, 0.4) is 0 Å². The number of piperazine rings is 1. The molecule has 1 saturated heterocycles. The number of aromatic amines is 1. The highest BCUT2D eigenvalue weighted by atomic mass is 35.5. The zero-order valence-corrected chi connectivity index (χ0v) is 14.6. The van der Waals surface area contributed by atoms with Gasteiger partial charge in [-0.3, -0.25) is 9.69 Å². The topological polar surface area (TPSA) is 37.7 Å². The van der Waals surface area contributed by atoms with Gasteiger partial charge in [-0.2, -0.15) is 0 Å². The van der Waals surface area contributed by atoms with Crippen molar-refractivity contribution in [1.82, 2.24) is 4.90 Å². The van der Waals surface area contributed by atoms with E-state index in [2.05, 4.69) is 9.88 Å². The number of amides is 1. The van der Waals surface area contributed by atoms with Crippen molar-refractivity contribution in [1.29, 1.82) is 0 Å². The quantitative estimate of drug-likeness (QED) is 0.786. The van der Waals surface area contributed by atoms with Crippen molar-refractivity contribution in [3.63, 3.8) is 0 Å². The molecule has 124 valence electrons. The number of hydrogen-bond donors (Lipinski definition) is 0. The summed E-state index contributed by atoms with van der Waals surface area (Å²) in [5.74, 6) is 1.07. The predicted octanol–water partition coefficient (Wildman–Crippen LogP) is 3.17. The smallest absolute Gasteiger partial charge is 0.274 e. The van der Waals surface area contributed by atoms with Crippen LogP contribution in [0.4, 0.5) is 5.82 Å². The zero-order chi connectivity index (χ0) is 16.9. The number of H-pyrrole nitrogens is 1. The highest BCUT2D eigenvalue weighted by Crippen LogP contribution is 2.22.